The van der Waals surface area contributed by atoms with Crippen molar-refractivity contribution in [2.75, 3.05) is 13.1 Å². The number of carbonyl (C=O) groups excluding carboxylic acids is 1. The number of para-hydroxylation sites is 1. The van der Waals surface area contributed by atoms with Crippen molar-refractivity contribution >= 4 is 5.91 Å². The van der Waals surface area contributed by atoms with Crippen LogP contribution in [-0.4, -0.2) is 45.1 Å². The molecule has 0 spiro atoms. The first-order chi connectivity index (χ1) is 9.53. The lowest BCUT2D eigenvalue weighted by Crippen LogP contribution is -2.41. The lowest BCUT2D eigenvalue weighted by Gasteiger charge is -2.15. The predicted molar refractivity (Wildman–Crippen MR) is 65.5 cm³/mol. The summed E-state index contributed by atoms with van der Waals surface area (Å²) in [6.07, 6.45) is 1.31. The van der Waals surface area contributed by atoms with E-state index >= 15 is 0 Å². The van der Waals surface area contributed by atoms with E-state index in [0.717, 1.165) is 0 Å². The lowest BCUT2D eigenvalue weighted by molar-refractivity contribution is 0.0118. The van der Waals surface area contributed by atoms with E-state index in [1.807, 2.05) is 0 Å². The highest BCUT2D eigenvalue weighted by Crippen LogP contribution is 2.14. The van der Waals surface area contributed by atoms with Crippen LogP contribution in [0.25, 0.3) is 5.69 Å². The molecule has 0 saturated heterocycles. The zero-order chi connectivity index (χ0) is 14.6. The highest BCUT2D eigenvalue weighted by Gasteiger charge is 2.27. The molecule has 9 heteroatoms. The Balaban J connectivity index is 2.19. The molecule has 20 heavy (non-hydrogen) atoms. The van der Waals surface area contributed by atoms with Crippen LogP contribution < -0.4 is 11.1 Å². The number of hydrogen-bond donors (Lipinski definition) is 2. The third-order valence-corrected chi connectivity index (χ3v) is 2.55. The Morgan fingerprint density at radius 2 is 2.15 bits per heavy atom. The van der Waals surface area contributed by atoms with Crippen molar-refractivity contribution < 1.29 is 13.6 Å². The van der Waals surface area contributed by atoms with Gasteiger partial charge in [-0.3, -0.25) is 4.79 Å². The van der Waals surface area contributed by atoms with Gasteiger partial charge in [-0.1, -0.05) is 12.1 Å². The summed E-state index contributed by atoms with van der Waals surface area (Å²) in [6, 6.07) is 6.39. The minimum absolute atomic E-state index is 0.188. The maximum atomic E-state index is 13.0. The Hall–Kier alpha value is -2.42. The lowest BCUT2D eigenvalue weighted by atomic mass is 10.1. The van der Waals surface area contributed by atoms with Crippen LogP contribution in [0.4, 0.5) is 8.78 Å². The number of tetrazole rings is 1. The molecule has 0 aliphatic rings. The summed E-state index contributed by atoms with van der Waals surface area (Å²) in [6.45, 7) is -1.66. The maximum Gasteiger partial charge on any atom is 0.277 e. The minimum Gasteiger partial charge on any atom is -0.346 e. The number of rotatable bonds is 5. The molecule has 106 valence electrons. The molecule has 1 amide bonds. The van der Waals surface area contributed by atoms with E-state index in [1.54, 1.807) is 18.2 Å². The van der Waals surface area contributed by atoms with Gasteiger partial charge in [0.2, 0.25) is 0 Å². The monoisotopic (exact) mass is 282 g/mol. The number of nitrogens with zero attached hydrogens (tertiary/aromatic N) is 4. The smallest absolute Gasteiger partial charge is 0.277 e. The topological polar surface area (TPSA) is 98.7 Å². The first-order valence-electron chi connectivity index (χ1n) is 5.72. The van der Waals surface area contributed by atoms with Gasteiger partial charge in [0.1, 0.15) is 6.33 Å². The van der Waals surface area contributed by atoms with Crippen LogP contribution in [0.1, 0.15) is 10.4 Å². The van der Waals surface area contributed by atoms with E-state index in [9.17, 15) is 13.6 Å². The molecule has 1 aromatic heterocycles. The number of carbonyl (C=O) groups is 1. The number of alkyl halides is 2. The molecule has 0 unspecified atom stereocenters. The van der Waals surface area contributed by atoms with Crippen LogP contribution in [-0.2, 0) is 0 Å². The van der Waals surface area contributed by atoms with Crippen molar-refractivity contribution in [2.24, 2.45) is 5.73 Å². The van der Waals surface area contributed by atoms with Gasteiger partial charge in [-0.05, 0) is 22.6 Å². The normalized spacial score (nSPS) is 11.3. The molecule has 0 radical (unpaired) electrons. The van der Waals surface area contributed by atoms with Gasteiger partial charge in [-0.15, -0.1) is 5.10 Å². The van der Waals surface area contributed by atoms with Crippen molar-refractivity contribution in [1.82, 2.24) is 25.5 Å². The molecule has 0 saturated carbocycles. The number of nitrogens with two attached hydrogens (primary N) is 1. The van der Waals surface area contributed by atoms with Crippen LogP contribution in [0.5, 0.6) is 0 Å². The summed E-state index contributed by atoms with van der Waals surface area (Å²) in [5, 5.41) is 12.7. The predicted octanol–water partition coefficient (Wildman–Crippen LogP) is -0.0139. The fourth-order valence-electron chi connectivity index (χ4n) is 1.51. The van der Waals surface area contributed by atoms with Gasteiger partial charge in [0.05, 0.1) is 24.3 Å². The molecular weight excluding hydrogens is 270 g/mol. The molecular formula is C11H12F2N6O. The number of amides is 1. The number of hydrogen-bond acceptors (Lipinski definition) is 5. The van der Waals surface area contributed by atoms with Crippen LogP contribution in [0, 0.1) is 0 Å². The molecule has 0 fully saturated rings. The third kappa shape index (κ3) is 3.12. The molecule has 0 aliphatic carbocycles. The maximum absolute atomic E-state index is 13.0. The van der Waals surface area contributed by atoms with Crippen LogP contribution in [0.3, 0.4) is 0 Å². The van der Waals surface area contributed by atoms with Crippen molar-refractivity contribution in [2.45, 2.75) is 5.92 Å². The van der Waals surface area contributed by atoms with Crippen molar-refractivity contribution in [3.05, 3.63) is 36.2 Å². The Labute approximate surface area is 112 Å². The number of nitrogens with one attached hydrogen (secondary N) is 1. The van der Waals surface area contributed by atoms with E-state index in [1.165, 1.54) is 17.1 Å². The van der Waals surface area contributed by atoms with Crippen LogP contribution in [0.2, 0.25) is 0 Å². The second-order valence-electron chi connectivity index (χ2n) is 4.01. The highest BCUT2D eigenvalue weighted by atomic mass is 19.3. The summed E-state index contributed by atoms with van der Waals surface area (Å²) in [5.74, 6) is -3.79. The van der Waals surface area contributed by atoms with Crippen molar-refractivity contribution in [1.29, 1.82) is 0 Å². The Morgan fingerprint density at radius 3 is 2.80 bits per heavy atom. The van der Waals surface area contributed by atoms with Crippen LogP contribution >= 0.6 is 0 Å². The van der Waals surface area contributed by atoms with E-state index in [4.69, 9.17) is 5.73 Å². The van der Waals surface area contributed by atoms with Gasteiger partial charge in [-0.25, -0.2) is 8.78 Å². The number of benzene rings is 1. The van der Waals surface area contributed by atoms with Gasteiger partial charge < -0.3 is 11.1 Å². The standard InChI is InChI=1S/C11H12F2N6O/c12-11(13,5-14)6-15-10(20)8-3-1-2-4-9(8)19-7-16-17-18-19/h1-4,7H,5-6,14H2,(H,15,20). The van der Waals surface area contributed by atoms with Crippen molar-refractivity contribution in [3.63, 3.8) is 0 Å². The van der Waals surface area contributed by atoms with E-state index in [2.05, 4.69) is 20.8 Å². The quantitative estimate of drug-likeness (QED) is 0.803. The SMILES string of the molecule is NCC(F)(F)CNC(=O)c1ccccc1-n1cnnn1. The second-order valence-corrected chi connectivity index (χ2v) is 4.01. The Bertz CT molecular complexity index is 586. The summed E-state index contributed by atoms with van der Waals surface area (Å²) < 4.78 is 27.3. The average Bonchev–Trinajstić information content (AvgIpc) is 2.99. The third-order valence-electron chi connectivity index (χ3n) is 2.55. The van der Waals surface area contributed by atoms with Gasteiger partial charge in [-0.2, -0.15) is 4.68 Å². The molecule has 1 aromatic carbocycles. The zero-order valence-corrected chi connectivity index (χ0v) is 10.3. The number of halogens is 2. The Kier molecular flexibility index (Phi) is 3.99. The first-order valence-corrected chi connectivity index (χ1v) is 5.72. The van der Waals surface area contributed by atoms with Gasteiger partial charge in [0, 0.05) is 0 Å². The van der Waals surface area contributed by atoms with E-state index < -0.39 is 24.9 Å². The first kappa shape index (κ1) is 14.0. The van der Waals surface area contributed by atoms with Crippen LogP contribution in [0.15, 0.2) is 30.6 Å². The molecule has 0 bridgehead atoms. The summed E-state index contributed by atoms with van der Waals surface area (Å²) >= 11 is 0. The average molecular weight is 282 g/mol. The van der Waals surface area contributed by atoms with Gasteiger partial charge >= 0.3 is 0 Å². The largest absolute Gasteiger partial charge is 0.346 e. The van der Waals surface area contributed by atoms with E-state index in [-0.39, 0.29) is 5.56 Å². The molecule has 0 atom stereocenters. The minimum atomic E-state index is -3.14. The summed E-state index contributed by atoms with van der Waals surface area (Å²) in [5.41, 5.74) is 5.49. The molecule has 1 heterocycles. The Morgan fingerprint density at radius 1 is 1.40 bits per heavy atom. The fraction of sp³-hybridized carbons (Fsp3) is 0.273. The molecule has 2 aromatic rings. The van der Waals surface area contributed by atoms with Gasteiger partial charge in [0.15, 0.2) is 0 Å². The summed E-state index contributed by atoms with van der Waals surface area (Å²) in [7, 11) is 0. The molecule has 2 rings (SSSR count). The molecule has 0 aliphatic heterocycles. The fourth-order valence-corrected chi connectivity index (χ4v) is 1.51. The zero-order valence-electron chi connectivity index (χ0n) is 10.3. The van der Waals surface area contributed by atoms with Gasteiger partial charge in [0.25, 0.3) is 11.8 Å². The highest BCUT2D eigenvalue weighted by molar-refractivity contribution is 5.97. The number of aromatic nitrogens is 4. The van der Waals surface area contributed by atoms with E-state index in [0.29, 0.717) is 5.69 Å². The second kappa shape index (κ2) is 5.70. The molecule has 7 nitrogen and oxygen atoms in total. The molecule has 3 N–H and O–H groups in total. The summed E-state index contributed by atoms with van der Waals surface area (Å²) in [4.78, 5) is 12.0. The van der Waals surface area contributed by atoms with Crippen molar-refractivity contribution in [3.8, 4) is 5.69 Å².